The van der Waals surface area contributed by atoms with Crippen LogP contribution in [-0.2, 0) is 6.54 Å². The van der Waals surface area contributed by atoms with Gasteiger partial charge in [0.25, 0.3) is 0 Å². The maximum Gasteiger partial charge on any atom is 0.195 e. The van der Waals surface area contributed by atoms with E-state index < -0.39 is 0 Å². The topological polar surface area (TPSA) is 64.1 Å². The maximum atomic E-state index is 5.73. The lowest BCUT2D eigenvalue weighted by Gasteiger charge is -2.14. The van der Waals surface area contributed by atoms with Gasteiger partial charge in [-0.25, -0.2) is 0 Å². The van der Waals surface area contributed by atoms with E-state index in [-0.39, 0.29) is 0 Å². The lowest BCUT2D eigenvalue weighted by molar-refractivity contribution is 0.297. The van der Waals surface area contributed by atoms with Crippen LogP contribution in [0.4, 0.5) is 5.69 Å². The van der Waals surface area contributed by atoms with Crippen LogP contribution in [0.25, 0.3) is 0 Å². The summed E-state index contributed by atoms with van der Waals surface area (Å²) in [5, 5.41) is 6.60. The number of ether oxygens (including phenoxy) is 3. The zero-order valence-corrected chi connectivity index (χ0v) is 15.5. The molecule has 2 aromatic rings. The minimum absolute atomic E-state index is 0.662. The van der Waals surface area contributed by atoms with E-state index in [0.29, 0.717) is 25.7 Å². The van der Waals surface area contributed by atoms with Gasteiger partial charge in [0.1, 0.15) is 5.75 Å². The number of hydrogen-bond acceptors (Lipinski definition) is 4. The van der Waals surface area contributed by atoms with Crippen LogP contribution in [0.1, 0.15) is 17.5 Å². The monoisotopic (exact) mass is 355 g/mol. The predicted octanol–water partition coefficient (Wildman–Crippen LogP) is 3.35. The van der Waals surface area contributed by atoms with E-state index in [1.165, 1.54) is 0 Å². The van der Waals surface area contributed by atoms with Crippen molar-refractivity contribution >= 4 is 11.6 Å². The second-order valence-corrected chi connectivity index (χ2v) is 6.07. The SMILES string of the molecule is CN=C(NCc1ccc(OC)c(C)c1)Nc1ccc2c(c1)OCCCO2. The Morgan fingerprint density at radius 2 is 1.92 bits per heavy atom. The van der Waals surface area contributed by atoms with Crippen LogP contribution in [0.15, 0.2) is 41.4 Å². The molecule has 1 heterocycles. The van der Waals surface area contributed by atoms with Crippen LogP contribution in [0.3, 0.4) is 0 Å². The fraction of sp³-hybridized carbons (Fsp3) is 0.350. The van der Waals surface area contributed by atoms with Gasteiger partial charge in [-0.15, -0.1) is 0 Å². The number of aliphatic imine (C=N–C) groups is 1. The third-order valence-electron chi connectivity index (χ3n) is 4.15. The van der Waals surface area contributed by atoms with Crippen molar-refractivity contribution in [2.24, 2.45) is 4.99 Å². The first-order valence-corrected chi connectivity index (χ1v) is 8.70. The summed E-state index contributed by atoms with van der Waals surface area (Å²) in [6.07, 6.45) is 0.891. The Kier molecular flexibility index (Phi) is 5.84. The van der Waals surface area contributed by atoms with Gasteiger partial charge in [0.2, 0.25) is 0 Å². The molecule has 0 unspecified atom stereocenters. The molecule has 0 radical (unpaired) electrons. The van der Waals surface area contributed by atoms with Gasteiger partial charge in [0.05, 0.1) is 20.3 Å². The van der Waals surface area contributed by atoms with Crippen molar-refractivity contribution in [2.75, 3.05) is 32.7 Å². The number of methoxy groups -OCH3 is 1. The van der Waals surface area contributed by atoms with E-state index in [1.54, 1.807) is 14.2 Å². The summed E-state index contributed by atoms with van der Waals surface area (Å²) in [6, 6.07) is 11.9. The minimum atomic E-state index is 0.662. The highest BCUT2D eigenvalue weighted by Crippen LogP contribution is 2.32. The van der Waals surface area contributed by atoms with Crippen LogP contribution < -0.4 is 24.8 Å². The van der Waals surface area contributed by atoms with Gasteiger partial charge >= 0.3 is 0 Å². The standard InChI is InChI=1S/C20H25N3O3/c1-14-11-15(5-7-17(14)24-3)13-22-20(21-2)23-16-6-8-18-19(12-16)26-10-4-9-25-18/h5-8,11-12H,4,9-10,13H2,1-3H3,(H2,21,22,23). The quantitative estimate of drug-likeness (QED) is 0.650. The Labute approximate surface area is 154 Å². The number of rotatable bonds is 4. The summed E-state index contributed by atoms with van der Waals surface area (Å²) in [5.41, 5.74) is 3.16. The fourth-order valence-corrected chi connectivity index (χ4v) is 2.79. The first-order valence-electron chi connectivity index (χ1n) is 8.70. The van der Waals surface area contributed by atoms with Crippen LogP contribution in [-0.4, -0.2) is 33.3 Å². The number of guanidine groups is 1. The van der Waals surface area contributed by atoms with E-state index in [4.69, 9.17) is 14.2 Å². The summed E-state index contributed by atoms with van der Waals surface area (Å²) in [5.74, 6) is 3.12. The molecule has 0 saturated carbocycles. The van der Waals surface area contributed by atoms with Gasteiger partial charge in [-0.05, 0) is 36.2 Å². The van der Waals surface area contributed by atoms with Crippen molar-refractivity contribution in [3.05, 3.63) is 47.5 Å². The van der Waals surface area contributed by atoms with Gasteiger partial charge in [0.15, 0.2) is 17.5 Å². The van der Waals surface area contributed by atoms with Crippen LogP contribution >= 0.6 is 0 Å². The van der Waals surface area contributed by atoms with Crippen molar-refractivity contribution in [3.8, 4) is 17.2 Å². The number of benzene rings is 2. The summed E-state index contributed by atoms with van der Waals surface area (Å²) < 4.78 is 16.7. The minimum Gasteiger partial charge on any atom is -0.496 e. The Bertz CT molecular complexity index is 790. The molecule has 1 aliphatic rings. The molecule has 26 heavy (non-hydrogen) atoms. The van der Waals surface area contributed by atoms with Crippen LogP contribution in [0, 0.1) is 6.92 Å². The molecular formula is C20H25N3O3. The highest BCUT2D eigenvalue weighted by atomic mass is 16.5. The number of fused-ring (bicyclic) bond motifs is 1. The molecule has 138 valence electrons. The van der Waals surface area contributed by atoms with Crippen LogP contribution in [0.2, 0.25) is 0 Å². The number of aryl methyl sites for hydroxylation is 1. The van der Waals surface area contributed by atoms with E-state index in [2.05, 4.69) is 21.7 Å². The lowest BCUT2D eigenvalue weighted by atomic mass is 10.1. The van der Waals surface area contributed by atoms with Gasteiger partial charge in [0, 0.05) is 31.8 Å². The van der Waals surface area contributed by atoms with Gasteiger partial charge in [-0.2, -0.15) is 0 Å². The number of nitrogens with one attached hydrogen (secondary N) is 2. The number of anilines is 1. The molecule has 0 atom stereocenters. The first-order chi connectivity index (χ1) is 12.7. The molecule has 1 aliphatic heterocycles. The molecule has 6 heteroatoms. The lowest BCUT2D eigenvalue weighted by Crippen LogP contribution is -2.30. The van der Waals surface area contributed by atoms with E-state index >= 15 is 0 Å². The molecule has 0 amide bonds. The molecule has 2 aromatic carbocycles. The molecular weight excluding hydrogens is 330 g/mol. The predicted molar refractivity (Wildman–Crippen MR) is 104 cm³/mol. The van der Waals surface area contributed by atoms with E-state index in [0.717, 1.165) is 40.5 Å². The summed E-state index contributed by atoms with van der Waals surface area (Å²) in [4.78, 5) is 4.28. The molecule has 0 saturated heterocycles. The van der Waals surface area contributed by atoms with Crippen molar-refractivity contribution in [2.45, 2.75) is 19.9 Å². The molecule has 0 bridgehead atoms. The van der Waals surface area contributed by atoms with Gasteiger partial charge < -0.3 is 24.8 Å². The maximum absolute atomic E-state index is 5.73. The molecule has 0 fully saturated rings. The van der Waals surface area contributed by atoms with E-state index in [1.807, 2.05) is 37.3 Å². The second-order valence-electron chi connectivity index (χ2n) is 6.07. The smallest absolute Gasteiger partial charge is 0.195 e. The number of hydrogen-bond donors (Lipinski definition) is 2. The molecule has 3 rings (SSSR count). The average molecular weight is 355 g/mol. The van der Waals surface area contributed by atoms with Gasteiger partial charge in [-0.1, -0.05) is 12.1 Å². The third-order valence-corrected chi connectivity index (χ3v) is 4.15. The highest BCUT2D eigenvalue weighted by molar-refractivity contribution is 5.93. The largest absolute Gasteiger partial charge is 0.496 e. The number of nitrogens with zero attached hydrogens (tertiary/aromatic N) is 1. The Morgan fingerprint density at radius 1 is 1.12 bits per heavy atom. The molecule has 0 aromatic heterocycles. The summed E-state index contributed by atoms with van der Waals surface area (Å²) in [6.45, 7) is 4.05. The zero-order valence-electron chi connectivity index (χ0n) is 15.5. The fourth-order valence-electron chi connectivity index (χ4n) is 2.79. The average Bonchev–Trinajstić information content (AvgIpc) is 2.90. The first kappa shape index (κ1) is 17.9. The van der Waals surface area contributed by atoms with Crippen molar-refractivity contribution in [1.29, 1.82) is 0 Å². The van der Waals surface area contributed by atoms with E-state index in [9.17, 15) is 0 Å². The molecule has 0 spiro atoms. The third kappa shape index (κ3) is 4.39. The molecule has 0 aliphatic carbocycles. The summed E-state index contributed by atoms with van der Waals surface area (Å²) in [7, 11) is 3.43. The van der Waals surface area contributed by atoms with Gasteiger partial charge in [-0.3, -0.25) is 4.99 Å². The zero-order chi connectivity index (χ0) is 18.4. The normalized spacial score (nSPS) is 13.7. The molecule has 6 nitrogen and oxygen atoms in total. The Hall–Kier alpha value is -2.89. The van der Waals surface area contributed by atoms with Crippen LogP contribution in [0.5, 0.6) is 17.2 Å². The molecule has 2 N–H and O–H groups in total. The Balaban J connectivity index is 1.63. The van der Waals surface area contributed by atoms with Crippen molar-refractivity contribution in [1.82, 2.24) is 5.32 Å². The van der Waals surface area contributed by atoms with Crippen molar-refractivity contribution < 1.29 is 14.2 Å². The highest BCUT2D eigenvalue weighted by Gasteiger charge is 2.11. The second kappa shape index (κ2) is 8.47. The Morgan fingerprint density at radius 3 is 2.65 bits per heavy atom. The summed E-state index contributed by atoms with van der Waals surface area (Å²) >= 11 is 0. The van der Waals surface area contributed by atoms with Crippen molar-refractivity contribution in [3.63, 3.8) is 0 Å².